The minimum Gasteiger partial charge on any atom is -0.282 e. The molecule has 1 fully saturated rings. The van der Waals surface area contributed by atoms with Crippen LogP contribution in [0, 0.1) is 0 Å². The highest BCUT2D eigenvalue weighted by molar-refractivity contribution is 7.87. The summed E-state index contributed by atoms with van der Waals surface area (Å²) in [4.78, 5) is 46.3. The Bertz CT molecular complexity index is 931. The Morgan fingerprint density at radius 3 is 1.56 bits per heavy atom. The van der Waals surface area contributed by atoms with Crippen molar-refractivity contribution in [1.82, 2.24) is 0 Å². The molecule has 1 aliphatic carbocycles. The monoisotopic (exact) mass is 464 g/mol. The van der Waals surface area contributed by atoms with Crippen LogP contribution in [0.5, 0.6) is 0 Å². The maximum absolute atomic E-state index is 11.5. The third kappa shape index (κ3) is 8.48. The molecule has 0 aromatic heterocycles. The summed E-state index contributed by atoms with van der Waals surface area (Å²) >= 11 is 0. The van der Waals surface area contributed by atoms with Crippen LogP contribution < -0.4 is 0 Å². The van der Waals surface area contributed by atoms with Crippen molar-refractivity contribution < 1.29 is 41.8 Å². The largest absolute Gasteiger partial charge is 0.386 e. The molecule has 0 bridgehead atoms. The topological polar surface area (TPSA) is 122 Å². The van der Waals surface area contributed by atoms with Gasteiger partial charge in [0.1, 0.15) is 0 Å². The highest BCUT2D eigenvalue weighted by atomic mass is 32.2. The van der Waals surface area contributed by atoms with Gasteiger partial charge in [0.15, 0.2) is 0 Å². The normalized spacial score (nSPS) is 13.8. The lowest BCUT2D eigenvalue weighted by Gasteiger charge is -2.19. The van der Waals surface area contributed by atoms with Gasteiger partial charge in [0, 0.05) is 6.92 Å². The second kappa shape index (κ2) is 12.6. The lowest BCUT2D eigenvalue weighted by atomic mass is 10.0. The van der Waals surface area contributed by atoms with Crippen molar-refractivity contribution in [3.05, 3.63) is 71.8 Å². The first-order valence-corrected chi connectivity index (χ1v) is 11.4. The first-order valence-electron chi connectivity index (χ1n) is 9.93. The molecular weight excluding hydrogens is 440 g/mol. The zero-order valence-electron chi connectivity index (χ0n) is 17.5. The average molecular weight is 464 g/mol. The fraction of sp³-hybridized carbons (Fsp3) is 0.318. The van der Waals surface area contributed by atoms with Crippen molar-refractivity contribution in [3.8, 4) is 0 Å². The van der Waals surface area contributed by atoms with Gasteiger partial charge in [0.2, 0.25) is 0 Å². The minimum absolute atomic E-state index is 0.318. The molecule has 1 aliphatic rings. The SMILES string of the molecule is CC(=O)OOS(=O)(=O)C1CCCCC1.O=C(OOC(=O)c1ccccc1)c1ccccc1. The molecule has 2 aromatic rings. The van der Waals surface area contributed by atoms with Crippen LogP contribution in [0.1, 0.15) is 59.7 Å². The Morgan fingerprint density at radius 1 is 0.719 bits per heavy atom. The quantitative estimate of drug-likeness (QED) is 0.481. The van der Waals surface area contributed by atoms with Gasteiger partial charge in [-0.15, -0.1) is 0 Å². The Kier molecular flexibility index (Phi) is 9.83. The molecule has 0 unspecified atom stereocenters. The van der Waals surface area contributed by atoms with Gasteiger partial charge in [-0.05, 0) is 37.1 Å². The second-order valence-electron chi connectivity index (χ2n) is 6.87. The molecular formula is C22H24O9S. The molecule has 9 nitrogen and oxygen atoms in total. The van der Waals surface area contributed by atoms with Crippen molar-refractivity contribution in [1.29, 1.82) is 0 Å². The Hall–Kier alpha value is -3.24. The molecule has 0 N–H and O–H groups in total. The maximum atomic E-state index is 11.5. The van der Waals surface area contributed by atoms with Crippen LogP contribution in [0.2, 0.25) is 0 Å². The Labute approximate surface area is 186 Å². The van der Waals surface area contributed by atoms with E-state index in [2.05, 4.69) is 19.0 Å². The molecule has 1 saturated carbocycles. The molecule has 0 amide bonds. The predicted octanol–water partition coefficient (Wildman–Crippen LogP) is 3.76. The number of carbonyl (C=O) groups excluding carboxylic acids is 3. The van der Waals surface area contributed by atoms with E-state index in [0.717, 1.165) is 26.2 Å². The molecule has 2 aromatic carbocycles. The summed E-state index contributed by atoms with van der Waals surface area (Å²) < 4.78 is 26.9. The van der Waals surface area contributed by atoms with E-state index in [9.17, 15) is 22.8 Å². The lowest BCUT2D eigenvalue weighted by molar-refractivity contribution is -0.208. The van der Waals surface area contributed by atoms with Crippen molar-refractivity contribution in [2.75, 3.05) is 0 Å². The highest BCUT2D eigenvalue weighted by Crippen LogP contribution is 2.24. The smallest absolute Gasteiger partial charge is 0.282 e. The van der Waals surface area contributed by atoms with E-state index >= 15 is 0 Å². The fourth-order valence-electron chi connectivity index (χ4n) is 2.83. The number of benzene rings is 2. The summed E-state index contributed by atoms with van der Waals surface area (Å²) in [6.07, 6.45) is 3.99. The number of hydrogen-bond acceptors (Lipinski definition) is 9. The molecule has 0 heterocycles. The van der Waals surface area contributed by atoms with Crippen LogP contribution in [-0.2, 0) is 33.9 Å². The Balaban J connectivity index is 0.000000235. The minimum atomic E-state index is -3.72. The van der Waals surface area contributed by atoms with Gasteiger partial charge in [-0.2, -0.15) is 8.42 Å². The number of rotatable bonds is 5. The van der Waals surface area contributed by atoms with Crippen LogP contribution in [0.3, 0.4) is 0 Å². The van der Waals surface area contributed by atoms with Crippen molar-refractivity contribution in [2.24, 2.45) is 0 Å². The van der Waals surface area contributed by atoms with Crippen LogP contribution in [0.25, 0.3) is 0 Å². The molecule has 3 rings (SSSR count). The molecule has 0 radical (unpaired) electrons. The van der Waals surface area contributed by atoms with E-state index in [-0.39, 0.29) is 0 Å². The molecule has 0 atom stereocenters. The molecule has 0 aliphatic heterocycles. The van der Waals surface area contributed by atoms with E-state index < -0.39 is 33.3 Å². The van der Waals surface area contributed by atoms with E-state index in [1.165, 1.54) is 0 Å². The Morgan fingerprint density at radius 2 is 1.16 bits per heavy atom. The molecule has 172 valence electrons. The van der Waals surface area contributed by atoms with Gasteiger partial charge in [0.05, 0.1) is 16.4 Å². The van der Waals surface area contributed by atoms with Crippen molar-refractivity contribution in [2.45, 2.75) is 44.3 Å². The van der Waals surface area contributed by atoms with Crippen LogP contribution >= 0.6 is 0 Å². The summed E-state index contributed by atoms with van der Waals surface area (Å²) in [6, 6.07) is 16.6. The molecule has 0 spiro atoms. The van der Waals surface area contributed by atoms with Gasteiger partial charge in [-0.1, -0.05) is 60.0 Å². The predicted molar refractivity (Wildman–Crippen MR) is 112 cm³/mol. The maximum Gasteiger partial charge on any atom is 0.386 e. The summed E-state index contributed by atoms with van der Waals surface area (Å²) in [5.41, 5.74) is 0.636. The highest BCUT2D eigenvalue weighted by Gasteiger charge is 2.29. The molecule has 0 saturated heterocycles. The first-order chi connectivity index (χ1) is 15.3. The van der Waals surface area contributed by atoms with Crippen LogP contribution in [0.15, 0.2) is 60.7 Å². The van der Waals surface area contributed by atoms with Crippen molar-refractivity contribution in [3.63, 3.8) is 0 Å². The van der Waals surface area contributed by atoms with Gasteiger partial charge in [0.25, 0.3) is 0 Å². The van der Waals surface area contributed by atoms with Crippen LogP contribution in [-0.4, -0.2) is 31.6 Å². The summed E-state index contributed by atoms with van der Waals surface area (Å²) in [5.74, 6) is -2.18. The van der Waals surface area contributed by atoms with Gasteiger partial charge in [-0.3, -0.25) is 4.89 Å². The fourth-order valence-corrected chi connectivity index (χ4v) is 4.04. The second-order valence-corrected chi connectivity index (χ2v) is 8.66. The van der Waals surface area contributed by atoms with Crippen LogP contribution in [0.4, 0.5) is 0 Å². The van der Waals surface area contributed by atoms with E-state index in [0.29, 0.717) is 24.0 Å². The molecule has 32 heavy (non-hydrogen) atoms. The standard InChI is InChI=1S/C14H10O4.C8H14O5S/c15-13(11-7-3-1-4-8-11)17-18-14(16)12-9-5-2-6-10-12;1-7(9)12-13-14(10,11)8-5-3-2-4-6-8/h1-10H;8H,2-6H2,1H3. The van der Waals surface area contributed by atoms with Gasteiger partial charge in [-0.25, -0.2) is 24.2 Å². The van der Waals surface area contributed by atoms with Gasteiger partial charge >= 0.3 is 28.0 Å². The average Bonchev–Trinajstić information content (AvgIpc) is 2.83. The zero-order chi connectivity index (χ0) is 23.4. The van der Waals surface area contributed by atoms with E-state index in [1.54, 1.807) is 60.7 Å². The molecule has 10 heteroatoms. The first kappa shape index (κ1) is 25.0. The van der Waals surface area contributed by atoms with E-state index in [4.69, 9.17) is 0 Å². The third-order valence-electron chi connectivity index (χ3n) is 4.42. The van der Waals surface area contributed by atoms with Gasteiger partial charge < -0.3 is 0 Å². The van der Waals surface area contributed by atoms with E-state index in [1.807, 2.05) is 0 Å². The number of carbonyl (C=O) groups is 3. The lowest BCUT2D eigenvalue weighted by Crippen LogP contribution is -2.26. The zero-order valence-corrected chi connectivity index (χ0v) is 18.3. The summed E-state index contributed by atoms with van der Waals surface area (Å²) in [5, 5.41) is -0.518. The summed E-state index contributed by atoms with van der Waals surface area (Å²) in [6.45, 7) is 1.09. The van der Waals surface area contributed by atoms with Crippen molar-refractivity contribution >= 4 is 28.0 Å². The summed E-state index contributed by atoms with van der Waals surface area (Å²) in [7, 11) is -3.72. The third-order valence-corrected chi connectivity index (χ3v) is 5.96. The number of hydrogen-bond donors (Lipinski definition) is 0.